The van der Waals surface area contributed by atoms with Gasteiger partial charge in [0.25, 0.3) is 20.2 Å². The highest BCUT2D eigenvalue weighted by molar-refractivity contribution is 7.86. The lowest BCUT2D eigenvalue weighted by atomic mass is 10.1. The molecule has 85 heavy (non-hydrogen) atoms. The van der Waals surface area contributed by atoms with Gasteiger partial charge in [-0.2, -0.15) is 16.8 Å². The van der Waals surface area contributed by atoms with Gasteiger partial charge >= 0.3 is 0 Å². The zero-order chi connectivity index (χ0) is 60.8. The van der Waals surface area contributed by atoms with Crippen molar-refractivity contribution in [1.29, 1.82) is 0 Å². The second-order valence-electron chi connectivity index (χ2n) is 18.7. The van der Waals surface area contributed by atoms with Crippen LogP contribution in [0.5, 0.6) is 11.5 Å². The van der Waals surface area contributed by atoms with Gasteiger partial charge in [0.15, 0.2) is 11.5 Å². The van der Waals surface area contributed by atoms with Crippen molar-refractivity contribution < 1.29 is 111 Å². The first-order valence-electron chi connectivity index (χ1n) is 29.1. The van der Waals surface area contributed by atoms with Crippen LogP contribution in [-0.2, 0) is 109 Å². The summed E-state index contributed by atoms with van der Waals surface area (Å²) in [5.41, 5.74) is 2.72. The Bertz CT molecular complexity index is 2200. The molecule has 2 atom stereocenters. The lowest BCUT2D eigenvalue weighted by Crippen LogP contribution is -2.25. The van der Waals surface area contributed by atoms with E-state index in [1.807, 2.05) is 85.8 Å². The molecule has 0 aliphatic carbocycles. The lowest BCUT2D eigenvalue weighted by molar-refractivity contribution is -0.0238. The van der Waals surface area contributed by atoms with Crippen molar-refractivity contribution >= 4 is 20.2 Å². The molecule has 0 bridgehead atoms. The summed E-state index contributed by atoms with van der Waals surface area (Å²) in [5.74, 6) is 1.27. The van der Waals surface area contributed by atoms with E-state index in [4.69, 9.17) is 85.3 Å². The van der Waals surface area contributed by atoms with Crippen molar-refractivity contribution in [2.24, 2.45) is 0 Å². The van der Waals surface area contributed by atoms with Crippen molar-refractivity contribution in [2.45, 2.75) is 43.1 Å². The third-order valence-electron chi connectivity index (χ3n) is 11.9. The van der Waals surface area contributed by atoms with Gasteiger partial charge < -0.3 is 85.3 Å². The molecule has 488 valence electrons. The van der Waals surface area contributed by atoms with Crippen LogP contribution in [0.25, 0.3) is 0 Å². The fourth-order valence-corrected chi connectivity index (χ4v) is 9.04. The first-order chi connectivity index (χ1) is 41.5. The molecule has 3 aromatic carbocycles. The Morgan fingerprint density at radius 3 is 0.765 bits per heavy atom. The summed E-state index contributed by atoms with van der Waals surface area (Å²) in [6.07, 6.45) is 0.828. The largest absolute Gasteiger partial charge is 0.487 e. The van der Waals surface area contributed by atoms with E-state index in [0.717, 1.165) is 16.7 Å². The zero-order valence-corrected chi connectivity index (χ0v) is 51.4. The summed E-state index contributed by atoms with van der Waals surface area (Å²) in [4.78, 5) is 0. The van der Waals surface area contributed by atoms with E-state index in [-0.39, 0.29) is 38.9 Å². The Kier molecular flexibility index (Phi) is 46.6. The van der Waals surface area contributed by atoms with Crippen molar-refractivity contribution in [3.05, 3.63) is 95.6 Å². The van der Waals surface area contributed by atoms with Gasteiger partial charge in [0.2, 0.25) is 0 Å². The van der Waals surface area contributed by atoms with Crippen molar-refractivity contribution in [3.8, 4) is 11.5 Å². The molecule has 0 radical (unpaired) electrons. The van der Waals surface area contributed by atoms with E-state index in [9.17, 15) is 25.9 Å². The van der Waals surface area contributed by atoms with Gasteiger partial charge in [-0.3, -0.25) is 9.11 Å². The molecule has 0 saturated heterocycles. The van der Waals surface area contributed by atoms with Gasteiger partial charge in [-0.25, -0.2) is 0 Å². The molecule has 2 N–H and O–H groups in total. The van der Waals surface area contributed by atoms with E-state index in [1.54, 1.807) is 0 Å². The molecule has 0 amide bonds. The Labute approximate surface area is 504 Å². The number of aryl methyl sites for hydroxylation is 1. The predicted octanol–water partition coefficient (Wildman–Crippen LogP) is 4.80. The van der Waals surface area contributed by atoms with Crippen LogP contribution in [0.4, 0.5) is 0 Å². The molecular weight excluding hydrogens is 1160 g/mol. The maximum atomic E-state index is 11.8. The smallest absolute Gasteiger partial charge is 0.268 e. The Hall–Kier alpha value is -3.56. The number of hydrogen-bond donors (Lipinski definition) is 2. The SMILES string of the molecule is Cc1ccc(OCCOCCOCCOCCOCCOCCOCCOCCOCCC(Cc2ccccc2)S(=O)(=O)O)c(OCCOCCOCCOCCOCCOCCOCCOCCOCCC(Cc2ccccc2)S(=O)(=O)O)c1. The number of ether oxygens (including phenoxy) is 18. The molecule has 0 aliphatic heterocycles. The molecule has 0 aliphatic rings. The van der Waals surface area contributed by atoms with Crippen LogP contribution in [0, 0.1) is 6.92 Å². The average molecular weight is 1250 g/mol. The Balaban J connectivity index is 0.966. The van der Waals surface area contributed by atoms with Crippen LogP contribution >= 0.6 is 0 Å². The van der Waals surface area contributed by atoms with Crippen LogP contribution in [0.1, 0.15) is 29.5 Å². The van der Waals surface area contributed by atoms with Crippen LogP contribution in [0.3, 0.4) is 0 Å². The molecule has 24 nitrogen and oxygen atoms in total. The molecule has 26 heteroatoms. The topological polar surface area (TPSA) is 275 Å². The van der Waals surface area contributed by atoms with Crippen LogP contribution in [0.2, 0.25) is 0 Å². The fourth-order valence-electron chi connectivity index (χ4n) is 7.45. The zero-order valence-electron chi connectivity index (χ0n) is 49.7. The minimum Gasteiger partial charge on any atom is -0.487 e. The van der Waals surface area contributed by atoms with Crippen LogP contribution in [-0.4, -0.2) is 261 Å². The van der Waals surface area contributed by atoms with E-state index >= 15 is 0 Å². The molecule has 0 fully saturated rings. The van der Waals surface area contributed by atoms with Gasteiger partial charge in [0, 0.05) is 13.2 Å². The lowest BCUT2D eigenvalue weighted by Gasteiger charge is -2.14. The van der Waals surface area contributed by atoms with E-state index < -0.39 is 30.7 Å². The number of rotatable bonds is 62. The third kappa shape index (κ3) is 44.5. The minimum atomic E-state index is -4.18. The maximum absolute atomic E-state index is 11.8. The van der Waals surface area contributed by atoms with E-state index in [2.05, 4.69) is 0 Å². The Morgan fingerprint density at radius 1 is 0.294 bits per heavy atom. The molecule has 0 saturated carbocycles. The predicted molar refractivity (Wildman–Crippen MR) is 315 cm³/mol. The third-order valence-corrected chi connectivity index (χ3v) is 14.4. The average Bonchev–Trinajstić information content (AvgIpc) is 3.64. The molecule has 0 spiro atoms. The van der Waals surface area contributed by atoms with Crippen molar-refractivity contribution in [2.75, 3.05) is 225 Å². The number of benzene rings is 3. The molecule has 0 heterocycles. The van der Waals surface area contributed by atoms with Crippen molar-refractivity contribution in [1.82, 2.24) is 0 Å². The highest BCUT2D eigenvalue weighted by atomic mass is 32.2. The standard InChI is InChI=1S/C59H96O24S2/c1-53-12-13-58(82-48-46-80-44-42-78-40-38-76-36-34-74-32-30-72-28-26-70-24-22-68-20-18-66-16-14-56(84(60,61)62)51-54-8-4-2-5-9-54)59(50-53)83-49-47-81-45-43-79-41-39-77-37-35-75-33-31-73-29-27-71-25-23-69-21-19-67-17-15-57(85(63,64)65)52-55-10-6-3-7-11-55/h2-13,50,56-57H,14-49,51-52H2,1H3,(H,60,61,62)(H,63,64,65). The molecule has 2 unspecified atom stereocenters. The van der Waals surface area contributed by atoms with Gasteiger partial charge in [-0.1, -0.05) is 66.7 Å². The molecule has 3 rings (SSSR count). The summed E-state index contributed by atoms with van der Waals surface area (Å²) in [6, 6.07) is 24.1. The first kappa shape index (κ1) is 75.7. The summed E-state index contributed by atoms with van der Waals surface area (Å²) in [5, 5.41) is -1.84. The highest BCUT2D eigenvalue weighted by Crippen LogP contribution is 2.28. The Morgan fingerprint density at radius 2 is 0.518 bits per heavy atom. The van der Waals surface area contributed by atoms with Gasteiger partial charge in [0.05, 0.1) is 209 Å². The monoisotopic (exact) mass is 1250 g/mol. The summed E-state index contributed by atoms with van der Waals surface area (Å²) in [7, 11) is -8.36. The minimum absolute atomic E-state index is 0.188. The normalized spacial score (nSPS) is 12.7. The van der Waals surface area contributed by atoms with E-state index in [0.29, 0.717) is 223 Å². The first-order valence-corrected chi connectivity index (χ1v) is 32.1. The summed E-state index contributed by atoms with van der Waals surface area (Å²) >= 11 is 0. The second-order valence-corrected chi connectivity index (χ2v) is 22.1. The van der Waals surface area contributed by atoms with Gasteiger partial charge in [-0.15, -0.1) is 0 Å². The van der Waals surface area contributed by atoms with Crippen molar-refractivity contribution in [3.63, 3.8) is 0 Å². The van der Waals surface area contributed by atoms with Gasteiger partial charge in [-0.05, 0) is 61.4 Å². The maximum Gasteiger partial charge on any atom is 0.268 e. The highest BCUT2D eigenvalue weighted by Gasteiger charge is 2.24. The van der Waals surface area contributed by atoms with E-state index in [1.165, 1.54) is 0 Å². The van der Waals surface area contributed by atoms with Crippen LogP contribution in [0.15, 0.2) is 78.9 Å². The summed E-state index contributed by atoms with van der Waals surface area (Å²) in [6.45, 7) is 15.5. The molecular formula is C59H96O24S2. The number of hydrogen-bond acceptors (Lipinski definition) is 22. The van der Waals surface area contributed by atoms with Gasteiger partial charge in [0.1, 0.15) is 13.2 Å². The molecule has 3 aromatic rings. The second kappa shape index (κ2) is 52.4. The quantitative estimate of drug-likeness (QED) is 0.0567. The fraction of sp³-hybridized carbons (Fsp3) is 0.695. The summed E-state index contributed by atoms with van der Waals surface area (Å²) < 4.78 is 167. The molecule has 0 aromatic heterocycles. The van der Waals surface area contributed by atoms with Crippen LogP contribution < -0.4 is 9.47 Å².